The lowest BCUT2D eigenvalue weighted by molar-refractivity contribution is -0.182. The molecule has 9 nitrogen and oxygen atoms in total. The minimum Gasteiger partial charge on any atom is -0.463 e. The molecule has 0 spiro atoms. The van der Waals surface area contributed by atoms with E-state index >= 15 is 0 Å². The minimum absolute atomic E-state index is 0.283. The van der Waals surface area contributed by atoms with Crippen LogP contribution in [-0.2, 0) is 19.2 Å². The lowest BCUT2D eigenvalue weighted by atomic mass is 10.0. The number of urea groups is 1. The summed E-state index contributed by atoms with van der Waals surface area (Å²) in [5, 5.41) is 7.00. The molecule has 3 amide bonds. The maximum absolute atomic E-state index is 14.9. The van der Waals surface area contributed by atoms with Crippen LogP contribution in [0.5, 0.6) is 0 Å². The number of alkyl halides is 1. The fourth-order valence-electron chi connectivity index (χ4n) is 1.67. The van der Waals surface area contributed by atoms with Crippen molar-refractivity contribution < 1.29 is 32.8 Å². The minimum atomic E-state index is -3.28. The van der Waals surface area contributed by atoms with Crippen molar-refractivity contribution in [1.29, 1.82) is 0 Å². The summed E-state index contributed by atoms with van der Waals surface area (Å²) in [7, 11) is 0. The number of imide groups is 1. The Kier molecular flexibility index (Phi) is 4.63. The SMILES string of the molecule is CC(C)OC(=O)C1(F)C(=O)NC(=O)NC1O/N=C/c1ccco1. The van der Waals surface area contributed by atoms with Gasteiger partial charge in [-0.05, 0) is 26.0 Å². The fourth-order valence-corrected chi connectivity index (χ4v) is 1.67. The van der Waals surface area contributed by atoms with E-state index in [1.807, 2.05) is 5.32 Å². The summed E-state index contributed by atoms with van der Waals surface area (Å²) in [5.41, 5.74) is -3.28. The number of hydrogen-bond acceptors (Lipinski definition) is 7. The Morgan fingerprint density at radius 3 is 2.87 bits per heavy atom. The molecular weight excluding hydrogens is 313 g/mol. The molecule has 1 fully saturated rings. The second kappa shape index (κ2) is 6.46. The van der Waals surface area contributed by atoms with Gasteiger partial charge in [-0.3, -0.25) is 15.4 Å². The van der Waals surface area contributed by atoms with Crippen LogP contribution >= 0.6 is 0 Å². The van der Waals surface area contributed by atoms with Crippen LogP contribution in [0.25, 0.3) is 0 Å². The van der Waals surface area contributed by atoms with Crippen LogP contribution in [-0.4, -0.2) is 42.1 Å². The molecule has 1 aromatic heterocycles. The van der Waals surface area contributed by atoms with Gasteiger partial charge in [-0.2, -0.15) is 0 Å². The molecular formula is C13H14FN3O6. The Hall–Kier alpha value is -2.91. The Morgan fingerprint density at radius 1 is 1.52 bits per heavy atom. The van der Waals surface area contributed by atoms with Gasteiger partial charge in [-0.1, -0.05) is 5.16 Å². The van der Waals surface area contributed by atoms with Gasteiger partial charge < -0.3 is 14.0 Å². The van der Waals surface area contributed by atoms with Crippen molar-refractivity contribution >= 4 is 24.1 Å². The van der Waals surface area contributed by atoms with E-state index in [2.05, 4.69) is 5.16 Å². The molecule has 1 aliphatic heterocycles. The third-order valence-electron chi connectivity index (χ3n) is 2.71. The normalized spacial score (nSPS) is 24.4. The number of amides is 3. The van der Waals surface area contributed by atoms with E-state index in [1.54, 1.807) is 11.4 Å². The molecule has 10 heteroatoms. The van der Waals surface area contributed by atoms with E-state index < -0.39 is 35.9 Å². The molecule has 0 aromatic carbocycles. The van der Waals surface area contributed by atoms with Crippen LogP contribution in [0.1, 0.15) is 19.6 Å². The van der Waals surface area contributed by atoms with Gasteiger partial charge in [0.15, 0.2) is 0 Å². The van der Waals surface area contributed by atoms with Crippen LogP contribution in [0, 0.1) is 0 Å². The number of ether oxygens (including phenoxy) is 1. The van der Waals surface area contributed by atoms with Gasteiger partial charge in [0, 0.05) is 0 Å². The number of esters is 1. The zero-order valence-electron chi connectivity index (χ0n) is 12.2. The second-order valence-corrected chi connectivity index (χ2v) is 4.83. The van der Waals surface area contributed by atoms with Gasteiger partial charge in [-0.15, -0.1) is 0 Å². The molecule has 1 aliphatic rings. The number of nitrogens with one attached hydrogen (secondary N) is 2. The fraction of sp³-hybridized carbons (Fsp3) is 0.385. The first-order chi connectivity index (χ1) is 10.8. The standard InChI is InChI=1S/C13H14FN3O6/c1-7(2)22-11(19)13(14)9(18)16-12(20)17-10(13)23-15-6-8-4-3-5-21-8/h3-7,10H,1-2H3,(H2,16,17,18,20)/b15-6+. The maximum atomic E-state index is 14.9. The molecule has 0 saturated carbocycles. The first kappa shape index (κ1) is 16.5. The highest BCUT2D eigenvalue weighted by molar-refractivity contribution is 6.14. The molecule has 0 bridgehead atoms. The van der Waals surface area contributed by atoms with E-state index in [4.69, 9.17) is 14.0 Å². The maximum Gasteiger partial charge on any atom is 0.360 e. The quantitative estimate of drug-likeness (QED) is 0.351. The van der Waals surface area contributed by atoms with Crippen LogP contribution in [0.15, 0.2) is 28.0 Å². The summed E-state index contributed by atoms with van der Waals surface area (Å²) < 4.78 is 24.5. The molecule has 2 rings (SSSR count). The van der Waals surface area contributed by atoms with E-state index in [1.165, 1.54) is 26.2 Å². The summed E-state index contributed by atoms with van der Waals surface area (Å²) in [6.45, 7) is 2.96. The Labute approximate surface area is 129 Å². The van der Waals surface area contributed by atoms with Crippen LogP contribution in [0.2, 0.25) is 0 Å². The smallest absolute Gasteiger partial charge is 0.360 e. The Balaban J connectivity index is 2.19. The van der Waals surface area contributed by atoms with Crippen molar-refractivity contribution in [2.45, 2.75) is 31.8 Å². The number of rotatable bonds is 5. The molecule has 2 unspecified atom stereocenters. The first-order valence-electron chi connectivity index (χ1n) is 6.58. The Bertz CT molecular complexity index is 630. The average molecular weight is 327 g/mol. The largest absolute Gasteiger partial charge is 0.463 e. The van der Waals surface area contributed by atoms with Crippen molar-refractivity contribution in [2.24, 2.45) is 5.16 Å². The predicted octanol–water partition coefficient (Wildman–Crippen LogP) is 0.455. The van der Waals surface area contributed by atoms with E-state index in [0.29, 0.717) is 0 Å². The van der Waals surface area contributed by atoms with E-state index in [0.717, 1.165) is 6.21 Å². The molecule has 0 radical (unpaired) electrons. The van der Waals surface area contributed by atoms with Gasteiger partial charge >= 0.3 is 17.7 Å². The second-order valence-electron chi connectivity index (χ2n) is 4.83. The predicted molar refractivity (Wildman–Crippen MR) is 72.9 cm³/mol. The summed E-state index contributed by atoms with van der Waals surface area (Å²) in [4.78, 5) is 39.7. The van der Waals surface area contributed by atoms with Crippen molar-refractivity contribution in [1.82, 2.24) is 10.6 Å². The van der Waals surface area contributed by atoms with Crippen LogP contribution in [0.3, 0.4) is 0 Å². The first-order valence-corrected chi connectivity index (χ1v) is 6.58. The highest BCUT2D eigenvalue weighted by atomic mass is 19.1. The van der Waals surface area contributed by atoms with Gasteiger partial charge in [0.25, 0.3) is 12.1 Å². The highest BCUT2D eigenvalue weighted by Crippen LogP contribution is 2.24. The van der Waals surface area contributed by atoms with Crippen molar-refractivity contribution in [2.75, 3.05) is 0 Å². The van der Waals surface area contributed by atoms with Crippen molar-refractivity contribution in [3.05, 3.63) is 24.2 Å². The third kappa shape index (κ3) is 3.47. The molecule has 124 valence electrons. The van der Waals surface area contributed by atoms with Gasteiger partial charge in [0.1, 0.15) is 12.0 Å². The molecule has 2 heterocycles. The number of carbonyl (C=O) groups excluding carboxylic acids is 3. The molecule has 23 heavy (non-hydrogen) atoms. The zero-order valence-corrected chi connectivity index (χ0v) is 12.2. The summed E-state index contributed by atoms with van der Waals surface area (Å²) in [6.07, 6.45) is -0.210. The van der Waals surface area contributed by atoms with Crippen molar-refractivity contribution in [3.8, 4) is 0 Å². The van der Waals surface area contributed by atoms with Gasteiger partial charge in [0.2, 0.25) is 0 Å². The summed E-state index contributed by atoms with van der Waals surface area (Å²) >= 11 is 0. The average Bonchev–Trinajstić information content (AvgIpc) is 2.96. The lowest BCUT2D eigenvalue weighted by Crippen LogP contribution is -2.70. The number of halogens is 1. The molecule has 0 aliphatic carbocycles. The van der Waals surface area contributed by atoms with Crippen molar-refractivity contribution in [3.63, 3.8) is 0 Å². The van der Waals surface area contributed by atoms with E-state index in [9.17, 15) is 18.8 Å². The van der Waals surface area contributed by atoms with Gasteiger partial charge in [0.05, 0.1) is 12.4 Å². The molecule has 2 atom stereocenters. The lowest BCUT2D eigenvalue weighted by Gasteiger charge is -2.32. The number of carbonyl (C=O) groups is 3. The zero-order chi connectivity index (χ0) is 17.0. The third-order valence-corrected chi connectivity index (χ3v) is 2.71. The Morgan fingerprint density at radius 2 is 2.26 bits per heavy atom. The van der Waals surface area contributed by atoms with Gasteiger partial charge in [-0.25, -0.2) is 14.0 Å². The monoisotopic (exact) mass is 327 g/mol. The highest BCUT2D eigenvalue weighted by Gasteiger charge is 2.61. The number of furan rings is 1. The van der Waals surface area contributed by atoms with E-state index in [-0.39, 0.29) is 5.76 Å². The number of nitrogens with zero attached hydrogens (tertiary/aromatic N) is 1. The number of oxime groups is 1. The molecule has 2 N–H and O–H groups in total. The molecule has 1 saturated heterocycles. The van der Waals surface area contributed by atoms with Crippen LogP contribution in [0.4, 0.5) is 9.18 Å². The topological polar surface area (TPSA) is 119 Å². The molecule has 1 aromatic rings. The number of hydrogen-bond donors (Lipinski definition) is 2. The summed E-state index contributed by atoms with van der Waals surface area (Å²) in [5.74, 6) is -2.71. The van der Waals surface area contributed by atoms with Crippen LogP contribution < -0.4 is 10.6 Å². The summed E-state index contributed by atoms with van der Waals surface area (Å²) in [6, 6.07) is 2.09.